The molecule has 0 radical (unpaired) electrons. The van der Waals surface area contributed by atoms with Crippen LogP contribution in [-0.2, 0) is 23.2 Å². The Morgan fingerprint density at radius 3 is 2.76 bits per heavy atom. The zero-order chi connectivity index (χ0) is 18.2. The number of para-hydroxylation sites is 1. The third-order valence-corrected chi connectivity index (χ3v) is 4.51. The summed E-state index contributed by atoms with van der Waals surface area (Å²) in [7, 11) is 3.30. The molecule has 0 saturated carbocycles. The third-order valence-electron chi connectivity index (χ3n) is 3.18. The second-order valence-corrected chi connectivity index (χ2v) is 6.27. The number of amides is 2. The number of carbonyl (C=O) groups excluding carboxylic acids is 2. The lowest BCUT2D eigenvalue weighted by Gasteiger charge is -2.08. The van der Waals surface area contributed by atoms with Crippen molar-refractivity contribution in [3.63, 3.8) is 0 Å². The van der Waals surface area contributed by atoms with Crippen LogP contribution in [0.2, 0.25) is 5.02 Å². The van der Waals surface area contributed by atoms with E-state index in [9.17, 15) is 9.59 Å². The SMILES string of the molecule is CNC(=O)CNC(=O)CSc1nnc(COc2ccccc2Cl)n1C. The van der Waals surface area contributed by atoms with E-state index < -0.39 is 0 Å². The van der Waals surface area contributed by atoms with Crippen LogP contribution in [0.4, 0.5) is 0 Å². The summed E-state index contributed by atoms with van der Waals surface area (Å²) in [6.07, 6.45) is 0. The van der Waals surface area contributed by atoms with Crippen LogP contribution in [0.5, 0.6) is 5.75 Å². The van der Waals surface area contributed by atoms with Gasteiger partial charge in [-0.2, -0.15) is 0 Å². The van der Waals surface area contributed by atoms with E-state index in [0.717, 1.165) is 0 Å². The predicted molar refractivity (Wildman–Crippen MR) is 94.6 cm³/mol. The highest BCUT2D eigenvalue weighted by atomic mass is 35.5. The van der Waals surface area contributed by atoms with E-state index in [2.05, 4.69) is 20.8 Å². The molecule has 2 aromatic rings. The maximum absolute atomic E-state index is 11.7. The Morgan fingerprint density at radius 2 is 2.04 bits per heavy atom. The van der Waals surface area contributed by atoms with Gasteiger partial charge in [0.2, 0.25) is 11.8 Å². The van der Waals surface area contributed by atoms with Gasteiger partial charge in [-0.15, -0.1) is 10.2 Å². The van der Waals surface area contributed by atoms with Crippen LogP contribution in [0.25, 0.3) is 0 Å². The number of aromatic nitrogens is 3. The van der Waals surface area contributed by atoms with Gasteiger partial charge >= 0.3 is 0 Å². The van der Waals surface area contributed by atoms with Crippen molar-refractivity contribution in [3.8, 4) is 5.75 Å². The van der Waals surface area contributed by atoms with E-state index in [1.807, 2.05) is 12.1 Å². The number of hydrogen-bond donors (Lipinski definition) is 2. The third kappa shape index (κ3) is 5.64. The molecule has 2 amide bonds. The van der Waals surface area contributed by atoms with Crippen molar-refractivity contribution in [3.05, 3.63) is 35.1 Å². The number of likely N-dealkylation sites (N-methyl/N-ethyl adjacent to an activating group) is 1. The molecular formula is C15H18ClN5O3S. The van der Waals surface area contributed by atoms with Gasteiger partial charge in [0.05, 0.1) is 17.3 Å². The van der Waals surface area contributed by atoms with Crippen LogP contribution in [0.15, 0.2) is 29.4 Å². The molecule has 1 aromatic heterocycles. The fraction of sp³-hybridized carbons (Fsp3) is 0.333. The Labute approximate surface area is 154 Å². The fourth-order valence-electron chi connectivity index (χ4n) is 1.75. The van der Waals surface area contributed by atoms with E-state index in [-0.39, 0.29) is 30.7 Å². The average molecular weight is 384 g/mol. The molecular weight excluding hydrogens is 366 g/mol. The van der Waals surface area contributed by atoms with E-state index in [1.54, 1.807) is 23.7 Å². The number of nitrogens with one attached hydrogen (secondary N) is 2. The van der Waals surface area contributed by atoms with Crippen molar-refractivity contribution in [1.82, 2.24) is 25.4 Å². The molecule has 1 heterocycles. The molecule has 0 bridgehead atoms. The van der Waals surface area contributed by atoms with Crippen molar-refractivity contribution < 1.29 is 14.3 Å². The zero-order valence-electron chi connectivity index (χ0n) is 13.8. The Bertz CT molecular complexity index is 753. The predicted octanol–water partition coefficient (Wildman–Crippen LogP) is 1.00. The van der Waals surface area contributed by atoms with E-state index in [1.165, 1.54) is 18.8 Å². The minimum atomic E-state index is -0.259. The number of benzene rings is 1. The summed E-state index contributed by atoms with van der Waals surface area (Å²) in [4.78, 5) is 22.8. The van der Waals surface area contributed by atoms with Crippen LogP contribution in [0.1, 0.15) is 5.82 Å². The Morgan fingerprint density at radius 1 is 1.28 bits per heavy atom. The van der Waals surface area contributed by atoms with Crippen molar-refractivity contribution in [2.75, 3.05) is 19.3 Å². The van der Waals surface area contributed by atoms with Gasteiger partial charge in [-0.25, -0.2) is 0 Å². The lowest BCUT2D eigenvalue weighted by Crippen LogP contribution is -2.36. The quantitative estimate of drug-likeness (QED) is 0.660. The molecule has 0 unspecified atom stereocenters. The summed E-state index contributed by atoms with van der Waals surface area (Å²) in [5.74, 6) is 0.790. The minimum absolute atomic E-state index is 0.0500. The molecule has 25 heavy (non-hydrogen) atoms. The topological polar surface area (TPSA) is 98.1 Å². The number of hydrogen-bond acceptors (Lipinski definition) is 6. The number of thioether (sulfide) groups is 1. The standard InChI is InChI=1S/C15H18ClN5O3S/c1-17-13(22)7-18-14(23)9-25-15-20-19-12(21(15)2)8-24-11-6-4-3-5-10(11)16/h3-6H,7-9H2,1-2H3,(H,17,22)(H,18,23). The number of nitrogens with zero attached hydrogens (tertiary/aromatic N) is 3. The van der Waals surface area contributed by atoms with Crippen LogP contribution in [0.3, 0.4) is 0 Å². The highest BCUT2D eigenvalue weighted by molar-refractivity contribution is 7.99. The van der Waals surface area contributed by atoms with Gasteiger partial charge in [-0.05, 0) is 12.1 Å². The first-order valence-electron chi connectivity index (χ1n) is 7.37. The molecule has 0 saturated heterocycles. The van der Waals surface area contributed by atoms with Crippen molar-refractivity contribution in [1.29, 1.82) is 0 Å². The fourth-order valence-corrected chi connectivity index (χ4v) is 2.70. The number of carbonyl (C=O) groups is 2. The van der Waals surface area contributed by atoms with E-state index in [4.69, 9.17) is 16.3 Å². The molecule has 0 aliphatic carbocycles. The molecule has 0 atom stereocenters. The Balaban J connectivity index is 1.85. The summed E-state index contributed by atoms with van der Waals surface area (Å²) in [5.41, 5.74) is 0. The summed E-state index contributed by atoms with van der Waals surface area (Å²) < 4.78 is 7.38. The van der Waals surface area contributed by atoms with Gasteiger partial charge in [-0.1, -0.05) is 35.5 Å². The monoisotopic (exact) mass is 383 g/mol. The lowest BCUT2D eigenvalue weighted by molar-refractivity contribution is -0.124. The Hall–Kier alpha value is -2.26. The average Bonchev–Trinajstić information content (AvgIpc) is 2.97. The second kappa shape index (κ2) is 9.28. The molecule has 1 aromatic carbocycles. The summed E-state index contributed by atoms with van der Waals surface area (Å²) in [6.45, 7) is 0.155. The normalized spacial score (nSPS) is 10.4. The maximum atomic E-state index is 11.7. The molecule has 0 aliphatic heterocycles. The largest absolute Gasteiger partial charge is 0.484 e. The molecule has 2 N–H and O–H groups in total. The first kappa shape index (κ1) is 19.1. The highest BCUT2D eigenvalue weighted by Crippen LogP contribution is 2.24. The van der Waals surface area contributed by atoms with Gasteiger partial charge < -0.3 is 19.9 Å². The molecule has 2 rings (SSSR count). The van der Waals surface area contributed by atoms with Crippen molar-refractivity contribution >= 4 is 35.2 Å². The van der Waals surface area contributed by atoms with Crippen LogP contribution in [-0.4, -0.2) is 45.9 Å². The van der Waals surface area contributed by atoms with Crippen LogP contribution in [0, 0.1) is 0 Å². The lowest BCUT2D eigenvalue weighted by atomic mass is 10.3. The number of halogens is 1. The van der Waals surface area contributed by atoms with Crippen molar-refractivity contribution in [2.45, 2.75) is 11.8 Å². The van der Waals surface area contributed by atoms with Gasteiger partial charge in [0, 0.05) is 14.1 Å². The highest BCUT2D eigenvalue weighted by Gasteiger charge is 2.13. The molecule has 134 valence electrons. The van der Waals surface area contributed by atoms with E-state index in [0.29, 0.717) is 21.8 Å². The summed E-state index contributed by atoms with van der Waals surface area (Å²) in [5, 5.41) is 14.1. The minimum Gasteiger partial charge on any atom is -0.484 e. The molecule has 10 heteroatoms. The number of ether oxygens (including phenoxy) is 1. The molecule has 0 fully saturated rings. The van der Waals surface area contributed by atoms with Gasteiger partial charge in [0.25, 0.3) is 0 Å². The first-order valence-corrected chi connectivity index (χ1v) is 8.73. The first-order chi connectivity index (χ1) is 12.0. The Kier molecular flexibility index (Phi) is 7.08. The van der Waals surface area contributed by atoms with E-state index >= 15 is 0 Å². The summed E-state index contributed by atoms with van der Waals surface area (Å²) in [6, 6.07) is 7.16. The van der Waals surface area contributed by atoms with Crippen molar-refractivity contribution in [2.24, 2.45) is 7.05 Å². The number of rotatable bonds is 8. The van der Waals surface area contributed by atoms with Crippen LogP contribution >= 0.6 is 23.4 Å². The molecule has 8 nitrogen and oxygen atoms in total. The van der Waals surface area contributed by atoms with Gasteiger partial charge in [0.1, 0.15) is 12.4 Å². The van der Waals surface area contributed by atoms with Crippen LogP contribution < -0.4 is 15.4 Å². The second-order valence-electron chi connectivity index (χ2n) is 4.92. The summed E-state index contributed by atoms with van der Waals surface area (Å²) >= 11 is 7.26. The van der Waals surface area contributed by atoms with Gasteiger partial charge in [-0.3, -0.25) is 9.59 Å². The zero-order valence-corrected chi connectivity index (χ0v) is 15.4. The maximum Gasteiger partial charge on any atom is 0.239 e. The smallest absolute Gasteiger partial charge is 0.239 e. The molecule has 0 aliphatic rings. The van der Waals surface area contributed by atoms with Gasteiger partial charge in [0.15, 0.2) is 11.0 Å². The molecule has 0 spiro atoms.